The SMILES string of the molecule is COc1ccc(C(O)CC(C)CC(C)C)cc1. The molecule has 2 unspecified atom stereocenters. The van der Waals surface area contributed by atoms with Crippen LogP contribution in [0.15, 0.2) is 24.3 Å². The highest BCUT2D eigenvalue weighted by Gasteiger charge is 2.13. The van der Waals surface area contributed by atoms with Crippen LogP contribution in [0.1, 0.15) is 45.3 Å². The van der Waals surface area contributed by atoms with Crippen molar-refractivity contribution in [2.24, 2.45) is 11.8 Å². The van der Waals surface area contributed by atoms with Crippen molar-refractivity contribution in [1.29, 1.82) is 0 Å². The van der Waals surface area contributed by atoms with Crippen molar-refractivity contribution in [2.75, 3.05) is 7.11 Å². The van der Waals surface area contributed by atoms with Crippen molar-refractivity contribution >= 4 is 0 Å². The van der Waals surface area contributed by atoms with E-state index >= 15 is 0 Å². The Hall–Kier alpha value is -1.02. The third-order valence-electron chi connectivity index (χ3n) is 3.00. The lowest BCUT2D eigenvalue weighted by Crippen LogP contribution is -2.07. The Morgan fingerprint density at radius 3 is 2.12 bits per heavy atom. The van der Waals surface area contributed by atoms with Gasteiger partial charge in [-0.3, -0.25) is 0 Å². The molecule has 0 bridgehead atoms. The van der Waals surface area contributed by atoms with Crippen molar-refractivity contribution in [3.63, 3.8) is 0 Å². The van der Waals surface area contributed by atoms with Crippen molar-refractivity contribution in [3.05, 3.63) is 29.8 Å². The number of methoxy groups -OCH3 is 1. The Labute approximate surface area is 105 Å². The molecule has 96 valence electrons. The van der Waals surface area contributed by atoms with Gasteiger partial charge < -0.3 is 9.84 Å². The van der Waals surface area contributed by atoms with E-state index in [2.05, 4.69) is 20.8 Å². The summed E-state index contributed by atoms with van der Waals surface area (Å²) in [5.74, 6) is 2.07. The molecule has 0 radical (unpaired) electrons. The molecular weight excluding hydrogens is 212 g/mol. The van der Waals surface area contributed by atoms with Crippen molar-refractivity contribution < 1.29 is 9.84 Å². The molecule has 17 heavy (non-hydrogen) atoms. The molecule has 1 aromatic carbocycles. The molecule has 1 N–H and O–H groups in total. The van der Waals surface area contributed by atoms with Crippen LogP contribution in [0.4, 0.5) is 0 Å². The third-order valence-corrected chi connectivity index (χ3v) is 3.00. The molecule has 2 atom stereocenters. The minimum atomic E-state index is -0.366. The Kier molecular flexibility index (Phi) is 5.49. The summed E-state index contributed by atoms with van der Waals surface area (Å²) in [5, 5.41) is 10.1. The Balaban J connectivity index is 2.53. The summed E-state index contributed by atoms with van der Waals surface area (Å²) in [4.78, 5) is 0. The molecule has 0 aliphatic heterocycles. The first-order chi connectivity index (χ1) is 8.02. The van der Waals surface area contributed by atoms with E-state index in [4.69, 9.17) is 4.74 Å². The van der Waals surface area contributed by atoms with E-state index in [0.29, 0.717) is 11.8 Å². The molecule has 1 aromatic rings. The molecule has 2 nitrogen and oxygen atoms in total. The first kappa shape index (κ1) is 14.0. The minimum Gasteiger partial charge on any atom is -0.497 e. The van der Waals surface area contributed by atoms with Gasteiger partial charge in [-0.1, -0.05) is 32.9 Å². The molecule has 0 amide bonds. The zero-order chi connectivity index (χ0) is 12.8. The normalized spacial score (nSPS) is 14.7. The Bertz CT molecular complexity index is 316. The van der Waals surface area contributed by atoms with E-state index in [9.17, 15) is 5.11 Å². The predicted octanol–water partition coefficient (Wildman–Crippen LogP) is 3.80. The van der Waals surface area contributed by atoms with Crippen LogP contribution >= 0.6 is 0 Å². The van der Waals surface area contributed by atoms with Crippen molar-refractivity contribution in [3.8, 4) is 5.75 Å². The van der Waals surface area contributed by atoms with E-state index in [1.807, 2.05) is 24.3 Å². The Morgan fingerprint density at radius 1 is 1.06 bits per heavy atom. The van der Waals surface area contributed by atoms with Gasteiger partial charge >= 0.3 is 0 Å². The summed E-state index contributed by atoms with van der Waals surface area (Å²) >= 11 is 0. The molecule has 0 aliphatic rings. The van der Waals surface area contributed by atoms with Gasteiger partial charge in [-0.2, -0.15) is 0 Å². The lowest BCUT2D eigenvalue weighted by molar-refractivity contribution is 0.142. The van der Waals surface area contributed by atoms with Crippen LogP contribution < -0.4 is 4.74 Å². The molecule has 0 saturated heterocycles. The molecule has 0 aliphatic carbocycles. The van der Waals surface area contributed by atoms with Crippen LogP contribution in [0.25, 0.3) is 0 Å². The zero-order valence-electron chi connectivity index (χ0n) is 11.3. The molecule has 1 rings (SSSR count). The number of benzene rings is 1. The number of hydrogen-bond acceptors (Lipinski definition) is 2. The van der Waals surface area contributed by atoms with Gasteiger partial charge in [0.1, 0.15) is 5.75 Å². The highest BCUT2D eigenvalue weighted by atomic mass is 16.5. The van der Waals surface area contributed by atoms with Crippen molar-refractivity contribution in [2.45, 2.75) is 39.7 Å². The molecule has 0 aromatic heterocycles. The summed E-state index contributed by atoms with van der Waals surface area (Å²) < 4.78 is 5.10. The van der Waals surface area contributed by atoms with E-state index < -0.39 is 0 Å². The van der Waals surface area contributed by atoms with Crippen LogP contribution in [-0.2, 0) is 0 Å². The van der Waals surface area contributed by atoms with E-state index in [1.54, 1.807) is 7.11 Å². The largest absolute Gasteiger partial charge is 0.497 e. The minimum absolute atomic E-state index is 0.366. The predicted molar refractivity (Wildman–Crippen MR) is 71.2 cm³/mol. The summed E-state index contributed by atoms with van der Waals surface area (Å²) in [6.07, 6.45) is 1.62. The maximum absolute atomic E-state index is 10.1. The van der Waals surface area contributed by atoms with E-state index in [-0.39, 0.29) is 6.10 Å². The summed E-state index contributed by atoms with van der Waals surface area (Å²) in [6.45, 7) is 6.64. The maximum Gasteiger partial charge on any atom is 0.118 e. The molecule has 0 spiro atoms. The smallest absolute Gasteiger partial charge is 0.118 e. The summed E-state index contributed by atoms with van der Waals surface area (Å²) in [7, 11) is 1.65. The zero-order valence-corrected chi connectivity index (χ0v) is 11.3. The molecule has 0 saturated carbocycles. The number of ether oxygens (including phenoxy) is 1. The summed E-state index contributed by atoms with van der Waals surface area (Å²) in [6, 6.07) is 7.66. The van der Waals surface area contributed by atoms with Crippen LogP contribution in [0.3, 0.4) is 0 Å². The van der Waals surface area contributed by atoms with Crippen LogP contribution in [0, 0.1) is 11.8 Å². The monoisotopic (exact) mass is 236 g/mol. The number of hydrogen-bond donors (Lipinski definition) is 1. The number of rotatable bonds is 6. The quantitative estimate of drug-likeness (QED) is 0.814. The average molecular weight is 236 g/mol. The Morgan fingerprint density at radius 2 is 1.65 bits per heavy atom. The molecule has 2 heteroatoms. The molecular formula is C15H24O2. The van der Waals surface area contributed by atoms with Gasteiger partial charge in [-0.05, 0) is 42.4 Å². The fraction of sp³-hybridized carbons (Fsp3) is 0.600. The van der Waals surface area contributed by atoms with E-state index in [1.165, 1.54) is 0 Å². The topological polar surface area (TPSA) is 29.5 Å². The van der Waals surface area contributed by atoms with Gasteiger partial charge in [0.2, 0.25) is 0 Å². The molecule has 0 fully saturated rings. The first-order valence-electron chi connectivity index (χ1n) is 6.35. The average Bonchev–Trinajstić information content (AvgIpc) is 2.28. The standard InChI is InChI=1S/C15H24O2/c1-11(2)9-12(3)10-15(16)13-5-7-14(17-4)8-6-13/h5-8,11-12,15-16H,9-10H2,1-4H3. The fourth-order valence-corrected chi connectivity index (χ4v) is 2.24. The van der Waals surface area contributed by atoms with Gasteiger partial charge in [-0.15, -0.1) is 0 Å². The number of aliphatic hydroxyl groups excluding tert-OH is 1. The number of aliphatic hydroxyl groups is 1. The van der Waals surface area contributed by atoms with Gasteiger partial charge in [0.15, 0.2) is 0 Å². The van der Waals surface area contributed by atoms with Gasteiger partial charge in [-0.25, -0.2) is 0 Å². The maximum atomic E-state index is 10.1. The first-order valence-corrected chi connectivity index (χ1v) is 6.35. The van der Waals surface area contributed by atoms with E-state index in [0.717, 1.165) is 24.2 Å². The van der Waals surface area contributed by atoms with Crippen molar-refractivity contribution in [1.82, 2.24) is 0 Å². The second kappa shape index (κ2) is 6.65. The van der Waals surface area contributed by atoms with Gasteiger partial charge in [0, 0.05) is 0 Å². The fourth-order valence-electron chi connectivity index (χ4n) is 2.24. The highest BCUT2D eigenvalue weighted by molar-refractivity contribution is 5.28. The van der Waals surface area contributed by atoms with Crippen LogP contribution in [-0.4, -0.2) is 12.2 Å². The van der Waals surface area contributed by atoms with Gasteiger partial charge in [0.05, 0.1) is 13.2 Å². The van der Waals surface area contributed by atoms with Crippen LogP contribution in [0.2, 0.25) is 0 Å². The third kappa shape index (κ3) is 4.78. The summed E-state index contributed by atoms with van der Waals surface area (Å²) in [5.41, 5.74) is 0.974. The lowest BCUT2D eigenvalue weighted by Gasteiger charge is -2.18. The highest BCUT2D eigenvalue weighted by Crippen LogP contribution is 2.26. The second-order valence-corrected chi connectivity index (χ2v) is 5.26. The lowest BCUT2D eigenvalue weighted by atomic mass is 9.91. The van der Waals surface area contributed by atoms with Crippen LogP contribution in [0.5, 0.6) is 5.75 Å². The second-order valence-electron chi connectivity index (χ2n) is 5.26. The van der Waals surface area contributed by atoms with Gasteiger partial charge in [0.25, 0.3) is 0 Å². The molecule has 0 heterocycles.